The Morgan fingerprint density at radius 2 is 1.76 bits per heavy atom. The molecule has 0 atom stereocenters. The van der Waals surface area contributed by atoms with Crippen molar-refractivity contribution in [1.29, 1.82) is 0 Å². The summed E-state index contributed by atoms with van der Waals surface area (Å²) in [6.07, 6.45) is 0. The van der Waals surface area contributed by atoms with Gasteiger partial charge in [-0.2, -0.15) is 0 Å². The number of anilines is 1. The van der Waals surface area contributed by atoms with E-state index in [4.69, 9.17) is 5.73 Å². The van der Waals surface area contributed by atoms with E-state index in [9.17, 15) is 14.4 Å². The van der Waals surface area contributed by atoms with Gasteiger partial charge < -0.3 is 5.73 Å². The van der Waals surface area contributed by atoms with Crippen molar-refractivity contribution >= 4 is 5.69 Å². The summed E-state index contributed by atoms with van der Waals surface area (Å²) in [5, 5.41) is 0. The SMILES string of the molecule is Cn1c(=O)[nH]c(=O)n(-c2ccccc2N)c1=O. The van der Waals surface area contributed by atoms with Gasteiger partial charge in [-0.05, 0) is 12.1 Å². The van der Waals surface area contributed by atoms with Crippen LogP contribution in [0.15, 0.2) is 38.6 Å². The van der Waals surface area contributed by atoms with Crippen LogP contribution in [0, 0.1) is 0 Å². The standard InChI is InChI=1S/C10H10N4O3/c1-13-8(15)12-9(16)14(10(13)17)7-5-3-2-4-6(7)11/h2-5H,11H2,1H3,(H,12,15,16). The number of nitrogens with one attached hydrogen (secondary N) is 1. The van der Waals surface area contributed by atoms with E-state index in [-0.39, 0.29) is 11.4 Å². The molecule has 2 rings (SSSR count). The van der Waals surface area contributed by atoms with Crippen LogP contribution in [0.1, 0.15) is 0 Å². The van der Waals surface area contributed by atoms with E-state index in [1.165, 1.54) is 13.1 Å². The summed E-state index contributed by atoms with van der Waals surface area (Å²) >= 11 is 0. The van der Waals surface area contributed by atoms with Crippen molar-refractivity contribution < 1.29 is 0 Å². The van der Waals surface area contributed by atoms with Crippen molar-refractivity contribution in [2.24, 2.45) is 7.05 Å². The molecule has 0 aliphatic rings. The van der Waals surface area contributed by atoms with E-state index < -0.39 is 17.1 Å². The number of benzene rings is 1. The zero-order chi connectivity index (χ0) is 12.6. The molecule has 0 aliphatic carbocycles. The number of para-hydroxylation sites is 2. The Labute approximate surface area is 94.8 Å². The zero-order valence-electron chi connectivity index (χ0n) is 9.01. The van der Waals surface area contributed by atoms with Gasteiger partial charge in [0.2, 0.25) is 0 Å². The van der Waals surface area contributed by atoms with Crippen molar-refractivity contribution in [2.75, 3.05) is 5.73 Å². The second-order valence-corrected chi connectivity index (χ2v) is 3.47. The summed E-state index contributed by atoms with van der Waals surface area (Å²) in [6, 6.07) is 6.41. The van der Waals surface area contributed by atoms with Crippen molar-refractivity contribution in [3.8, 4) is 5.69 Å². The van der Waals surface area contributed by atoms with E-state index in [1.54, 1.807) is 18.2 Å². The Morgan fingerprint density at radius 3 is 2.41 bits per heavy atom. The quantitative estimate of drug-likeness (QED) is 0.605. The predicted molar refractivity (Wildman–Crippen MR) is 62.3 cm³/mol. The van der Waals surface area contributed by atoms with Gasteiger partial charge in [-0.25, -0.2) is 23.5 Å². The minimum Gasteiger partial charge on any atom is -0.397 e. The predicted octanol–water partition coefficient (Wildman–Crippen LogP) is -1.19. The number of rotatable bonds is 1. The number of nitrogens with zero attached hydrogens (tertiary/aromatic N) is 2. The zero-order valence-corrected chi connectivity index (χ0v) is 9.01. The first-order chi connectivity index (χ1) is 8.02. The van der Waals surface area contributed by atoms with Crippen molar-refractivity contribution in [2.45, 2.75) is 0 Å². The molecule has 0 saturated heterocycles. The molecule has 7 nitrogen and oxygen atoms in total. The highest BCUT2D eigenvalue weighted by Gasteiger charge is 2.10. The van der Waals surface area contributed by atoms with Crippen LogP contribution in [0.3, 0.4) is 0 Å². The maximum atomic E-state index is 11.8. The Bertz CT molecular complexity index is 738. The second-order valence-electron chi connectivity index (χ2n) is 3.47. The fourth-order valence-corrected chi connectivity index (χ4v) is 1.46. The molecule has 1 aromatic heterocycles. The third-order valence-electron chi connectivity index (χ3n) is 2.38. The average Bonchev–Trinajstić information content (AvgIpc) is 2.29. The first-order valence-electron chi connectivity index (χ1n) is 4.79. The smallest absolute Gasteiger partial charge is 0.340 e. The lowest BCUT2D eigenvalue weighted by Gasteiger charge is -2.07. The van der Waals surface area contributed by atoms with Crippen molar-refractivity contribution in [3.05, 3.63) is 55.7 Å². The summed E-state index contributed by atoms with van der Waals surface area (Å²) in [5.41, 5.74) is 3.89. The van der Waals surface area contributed by atoms with E-state index in [1.807, 2.05) is 4.98 Å². The monoisotopic (exact) mass is 234 g/mol. The molecule has 0 fully saturated rings. The van der Waals surface area contributed by atoms with E-state index in [0.29, 0.717) is 0 Å². The van der Waals surface area contributed by atoms with Gasteiger partial charge >= 0.3 is 17.1 Å². The normalized spacial score (nSPS) is 10.4. The molecule has 7 heteroatoms. The molecular formula is C10H10N4O3. The van der Waals surface area contributed by atoms with Gasteiger partial charge in [0.25, 0.3) is 0 Å². The van der Waals surface area contributed by atoms with Gasteiger partial charge in [-0.15, -0.1) is 0 Å². The van der Waals surface area contributed by atoms with Crippen LogP contribution in [0.2, 0.25) is 0 Å². The fourth-order valence-electron chi connectivity index (χ4n) is 1.46. The summed E-state index contributed by atoms with van der Waals surface area (Å²) in [4.78, 5) is 36.6. The van der Waals surface area contributed by atoms with Crippen LogP contribution in [-0.4, -0.2) is 14.1 Å². The van der Waals surface area contributed by atoms with Crippen LogP contribution in [0.5, 0.6) is 0 Å². The van der Waals surface area contributed by atoms with Crippen LogP contribution < -0.4 is 22.8 Å². The maximum Gasteiger partial charge on any atom is 0.340 e. The van der Waals surface area contributed by atoms with Gasteiger partial charge in [-0.3, -0.25) is 4.98 Å². The third kappa shape index (κ3) is 1.67. The molecule has 2 aromatic rings. The number of aromatic nitrogens is 3. The third-order valence-corrected chi connectivity index (χ3v) is 2.38. The van der Waals surface area contributed by atoms with Gasteiger partial charge in [-0.1, -0.05) is 12.1 Å². The number of hydrogen-bond donors (Lipinski definition) is 2. The lowest BCUT2D eigenvalue weighted by molar-refractivity contribution is 0.661. The van der Waals surface area contributed by atoms with Crippen molar-refractivity contribution in [3.63, 3.8) is 0 Å². The van der Waals surface area contributed by atoms with Gasteiger partial charge in [0.05, 0.1) is 11.4 Å². The molecule has 0 spiro atoms. The Balaban J connectivity index is 2.92. The van der Waals surface area contributed by atoms with Gasteiger partial charge in [0.1, 0.15) is 0 Å². The molecular weight excluding hydrogens is 224 g/mol. The van der Waals surface area contributed by atoms with E-state index >= 15 is 0 Å². The highest BCUT2D eigenvalue weighted by molar-refractivity contribution is 5.56. The summed E-state index contributed by atoms with van der Waals surface area (Å²) in [5.74, 6) is 0. The number of nitrogens with two attached hydrogens (primary N) is 1. The van der Waals surface area contributed by atoms with Crippen molar-refractivity contribution in [1.82, 2.24) is 14.1 Å². The molecule has 1 aromatic carbocycles. The van der Waals surface area contributed by atoms with Gasteiger partial charge in [0, 0.05) is 7.05 Å². The molecule has 3 N–H and O–H groups in total. The molecule has 0 bridgehead atoms. The van der Waals surface area contributed by atoms with Crippen LogP contribution in [0.4, 0.5) is 5.69 Å². The Hall–Kier alpha value is -2.57. The molecule has 0 radical (unpaired) electrons. The van der Waals surface area contributed by atoms with E-state index in [2.05, 4.69) is 0 Å². The first kappa shape index (κ1) is 10.9. The lowest BCUT2D eigenvalue weighted by atomic mass is 10.3. The minimum absolute atomic E-state index is 0.245. The molecule has 17 heavy (non-hydrogen) atoms. The van der Waals surface area contributed by atoms with Crippen LogP contribution in [-0.2, 0) is 7.05 Å². The van der Waals surface area contributed by atoms with Crippen LogP contribution in [0.25, 0.3) is 5.69 Å². The summed E-state index contributed by atoms with van der Waals surface area (Å²) in [7, 11) is 1.27. The molecule has 1 heterocycles. The number of nitrogen functional groups attached to an aromatic ring is 1. The summed E-state index contributed by atoms with van der Waals surface area (Å²) < 4.78 is 1.62. The van der Waals surface area contributed by atoms with Gasteiger partial charge in [0.15, 0.2) is 0 Å². The number of hydrogen-bond acceptors (Lipinski definition) is 4. The Kier molecular flexibility index (Phi) is 2.43. The topological polar surface area (TPSA) is 103 Å². The highest BCUT2D eigenvalue weighted by Crippen LogP contribution is 2.11. The molecule has 0 unspecified atom stereocenters. The first-order valence-corrected chi connectivity index (χ1v) is 4.79. The molecule has 0 aliphatic heterocycles. The summed E-state index contributed by atoms with van der Waals surface area (Å²) in [6.45, 7) is 0. The highest BCUT2D eigenvalue weighted by atomic mass is 16.2. The van der Waals surface area contributed by atoms with E-state index in [0.717, 1.165) is 9.13 Å². The maximum absolute atomic E-state index is 11.8. The minimum atomic E-state index is -0.809. The largest absolute Gasteiger partial charge is 0.397 e. The molecule has 0 saturated carbocycles. The second kappa shape index (κ2) is 3.78. The number of aromatic amines is 1. The Morgan fingerprint density at radius 1 is 1.12 bits per heavy atom. The van der Waals surface area contributed by atoms with Crippen LogP contribution >= 0.6 is 0 Å². The fraction of sp³-hybridized carbons (Fsp3) is 0.100. The molecule has 0 amide bonds. The number of H-pyrrole nitrogens is 1. The average molecular weight is 234 g/mol. The lowest BCUT2D eigenvalue weighted by Crippen LogP contribution is -2.47. The molecule has 88 valence electrons.